The van der Waals surface area contributed by atoms with Crippen LogP contribution in [0.1, 0.15) is 66.7 Å². The third-order valence-corrected chi connectivity index (χ3v) is 5.12. The molecule has 0 aliphatic carbocycles. The summed E-state index contributed by atoms with van der Waals surface area (Å²) in [6.07, 6.45) is 6.79. The van der Waals surface area contributed by atoms with Gasteiger partial charge in [0.25, 0.3) is 0 Å². The van der Waals surface area contributed by atoms with Crippen molar-refractivity contribution < 1.29 is 13.9 Å². The fourth-order valence-corrected chi connectivity index (χ4v) is 3.45. The molecule has 26 heavy (non-hydrogen) atoms. The summed E-state index contributed by atoms with van der Waals surface area (Å²) in [5.41, 5.74) is 4.46. The molecule has 0 amide bonds. The van der Waals surface area contributed by atoms with Crippen molar-refractivity contribution >= 4 is 0 Å². The van der Waals surface area contributed by atoms with Crippen LogP contribution in [0.3, 0.4) is 0 Å². The first-order valence-electron chi connectivity index (χ1n) is 9.62. The second kappa shape index (κ2) is 10.4. The Kier molecular flexibility index (Phi) is 8.24. The Morgan fingerprint density at radius 1 is 0.808 bits per heavy atom. The van der Waals surface area contributed by atoms with Crippen LogP contribution in [0.5, 0.6) is 0 Å². The molecule has 1 unspecified atom stereocenters. The second-order valence-electron chi connectivity index (χ2n) is 7.30. The number of hydrogen-bond donors (Lipinski definition) is 1. The highest BCUT2D eigenvalue weighted by atomic mass is 19.1. The van der Waals surface area contributed by atoms with E-state index in [0.29, 0.717) is 0 Å². The summed E-state index contributed by atoms with van der Waals surface area (Å²) < 4.78 is 27.4. The van der Waals surface area contributed by atoms with Gasteiger partial charge in [-0.15, -0.1) is 0 Å². The minimum absolute atomic E-state index is 0.111. The molecule has 0 saturated heterocycles. The normalized spacial score (nSPS) is 12.3. The molecule has 1 N–H and O–H groups in total. The molecule has 3 heteroatoms. The summed E-state index contributed by atoms with van der Waals surface area (Å²) in [6.45, 7) is 4.43. The Hall–Kier alpha value is -1.74. The van der Waals surface area contributed by atoms with E-state index < -0.39 is 11.6 Å². The number of unbranched alkanes of at least 4 members (excludes halogenated alkanes) is 4. The maximum Gasteiger partial charge on any atom is 0.126 e. The average Bonchev–Trinajstić information content (AvgIpc) is 2.59. The molecule has 0 fully saturated rings. The van der Waals surface area contributed by atoms with Crippen LogP contribution < -0.4 is 0 Å². The van der Waals surface area contributed by atoms with Crippen molar-refractivity contribution in [2.75, 3.05) is 6.61 Å². The van der Waals surface area contributed by atoms with Crippen LogP contribution >= 0.6 is 0 Å². The number of aryl methyl sites for hydroxylation is 2. The van der Waals surface area contributed by atoms with E-state index in [4.69, 9.17) is 5.11 Å². The van der Waals surface area contributed by atoms with Gasteiger partial charge in [-0.1, -0.05) is 43.9 Å². The number of aliphatic hydroxyl groups is 1. The van der Waals surface area contributed by atoms with Crippen LogP contribution in [0.25, 0.3) is 0 Å². The van der Waals surface area contributed by atoms with Crippen molar-refractivity contribution in [2.24, 2.45) is 0 Å². The number of aliphatic hydroxyl groups excluding tert-OH is 1. The van der Waals surface area contributed by atoms with Crippen molar-refractivity contribution in [3.63, 3.8) is 0 Å². The predicted molar refractivity (Wildman–Crippen MR) is 104 cm³/mol. The maximum atomic E-state index is 13.7. The van der Waals surface area contributed by atoms with E-state index in [1.54, 1.807) is 0 Å². The van der Waals surface area contributed by atoms with Gasteiger partial charge in [0.1, 0.15) is 11.6 Å². The molecule has 2 rings (SSSR count). The molecule has 142 valence electrons. The third-order valence-electron chi connectivity index (χ3n) is 5.12. The molecular weight excluding hydrogens is 330 g/mol. The fourth-order valence-electron chi connectivity index (χ4n) is 3.45. The van der Waals surface area contributed by atoms with Crippen LogP contribution in [0.2, 0.25) is 0 Å². The average molecular weight is 360 g/mol. The van der Waals surface area contributed by atoms with Crippen molar-refractivity contribution in [1.29, 1.82) is 0 Å². The molecule has 1 nitrogen and oxygen atoms in total. The van der Waals surface area contributed by atoms with Gasteiger partial charge in [-0.05, 0) is 73.4 Å². The first-order valence-corrected chi connectivity index (χ1v) is 9.62. The van der Waals surface area contributed by atoms with Gasteiger partial charge >= 0.3 is 0 Å². The van der Waals surface area contributed by atoms with E-state index in [-0.39, 0.29) is 12.5 Å². The van der Waals surface area contributed by atoms with E-state index in [9.17, 15) is 8.78 Å². The Morgan fingerprint density at radius 3 is 2.12 bits per heavy atom. The minimum Gasteiger partial charge on any atom is -0.396 e. The van der Waals surface area contributed by atoms with Crippen LogP contribution in [-0.4, -0.2) is 11.7 Å². The summed E-state index contributed by atoms with van der Waals surface area (Å²) in [6, 6.07) is 10.3. The highest BCUT2D eigenvalue weighted by Crippen LogP contribution is 2.29. The van der Waals surface area contributed by atoms with Crippen molar-refractivity contribution in [2.45, 2.75) is 64.7 Å². The minimum atomic E-state index is -0.506. The van der Waals surface area contributed by atoms with Gasteiger partial charge < -0.3 is 5.11 Å². The molecule has 0 bridgehead atoms. The number of hydrogen-bond acceptors (Lipinski definition) is 1. The number of benzene rings is 2. The number of halogens is 2. The molecule has 0 aromatic heterocycles. The molecule has 0 aliphatic heterocycles. The summed E-state index contributed by atoms with van der Waals surface area (Å²) >= 11 is 0. The van der Waals surface area contributed by atoms with Gasteiger partial charge in [-0.2, -0.15) is 0 Å². The van der Waals surface area contributed by atoms with E-state index in [2.05, 4.69) is 32.0 Å². The zero-order valence-corrected chi connectivity index (χ0v) is 15.9. The number of rotatable bonds is 10. The summed E-state index contributed by atoms with van der Waals surface area (Å²) in [5.74, 6) is -0.902. The highest BCUT2D eigenvalue weighted by Gasteiger charge is 2.15. The summed E-state index contributed by atoms with van der Waals surface area (Å²) in [7, 11) is 0. The molecule has 2 aromatic rings. The summed E-state index contributed by atoms with van der Waals surface area (Å²) in [5, 5.41) is 8.85. The standard InChI is InChI=1S/C23H30F2O/c1-17-9-10-19(12-18(17)2)13-20(8-6-4-3-5-7-11-26)21-14-22(24)16-23(25)15-21/h9-10,12,14-16,20,26H,3-8,11,13H2,1-2H3. The summed E-state index contributed by atoms with van der Waals surface area (Å²) in [4.78, 5) is 0. The molecular formula is C23H30F2O. The SMILES string of the molecule is Cc1ccc(CC(CCCCCCCO)c2cc(F)cc(F)c2)cc1C. The molecule has 0 aliphatic rings. The van der Waals surface area contributed by atoms with Crippen molar-refractivity contribution in [1.82, 2.24) is 0 Å². The monoisotopic (exact) mass is 360 g/mol. The highest BCUT2D eigenvalue weighted by molar-refractivity contribution is 5.32. The van der Waals surface area contributed by atoms with Gasteiger partial charge in [-0.3, -0.25) is 0 Å². The molecule has 0 saturated carbocycles. The maximum absolute atomic E-state index is 13.7. The first kappa shape index (κ1) is 20.6. The van der Waals surface area contributed by atoms with Crippen LogP contribution in [0, 0.1) is 25.5 Å². The van der Waals surface area contributed by atoms with E-state index in [0.717, 1.165) is 56.6 Å². The van der Waals surface area contributed by atoms with Gasteiger partial charge in [0, 0.05) is 12.7 Å². The lowest BCUT2D eigenvalue weighted by atomic mass is 9.86. The van der Waals surface area contributed by atoms with Gasteiger partial charge in [-0.25, -0.2) is 8.78 Å². The van der Waals surface area contributed by atoms with E-state index in [1.165, 1.54) is 28.8 Å². The lowest BCUT2D eigenvalue weighted by Crippen LogP contribution is -2.05. The van der Waals surface area contributed by atoms with E-state index >= 15 is 0 Å². The van der Waals surface area contributed by atoms with Gasteiger partial charge in [0.05, 0.1) is 0 Å². The lowest BCUT2D eigenvalue weighted by molar-refractivity contribution is 0.282. The zero-order chi connectivity index (χ0) is 18.9. The van der Waals surface area contributed by atoms with E-state index in [1.807, 2.05) is 0 Å². The topological polar surface area (TPSA) is 20.2 Å². The second-order valence-corrected chi connectivity index (χ2v) is 7.30. The van der Waals surface area contributed by atoms with Crippen molar-refractivity contribution in [3.8, 4) is 0 Å². The van der Waals surface area contributed by atoms with Crippen LogP contribution in [0.15, 0.2) is 36.4 Å². The quantitative estimate of drug-likeness (QED) is 0.497. The molecule has 1 atom stereocenters. The Labute approximate surface area is 156 Å². The molecule has 0 spiro atoms. The molecule has 2 aromatic carbocycles. The fraction of sp³-hybridized carbons (Fsp3) is 0.478. The Bertz CT molecular complexity index is 676. The Balaban J connectivity index is 2.08. The molecule has 0 heterocycles. The van der Waals surface area contributed by atoms with Crippen LogP contribution in [0.4, 0.5) is 8.78 Å². The largest absolute Gasteiger partial charge is 0.396 e. The van der Waals surface area contributed by atoms with Crippen LogP contribution in [-0.2, 0) is 6.42 Å². The predicted octanol–water partition coefficient (Wildman–Crippen LogP) is 6.24. The first-order chi connectivity index (χ1) is 12.5. The third kappa shape index (κ3) is 6.53. The Morgan fingerprint density at radius 2 is 1.46 bits per heavy atom. The molecule has 0 radical (unpaired) electrons. The van der Waals surface area contributed by atoms with Gasteiger partial charge in [0.2, 0.25) is 0 Å². The van der Waals surface area contributed by atoms with Crippen molar-refractivity contribution in [3.05, 3.63) is 70.3 Å². The smallest absolute Gasteiger partial charge is 0.126 e. The van der Waals surface area contributed by atoms with Gasteiger partial charge in [0.15, 0.2) is 0 Å². The zero-order valence-electron chi connectivity index (χ0n) is 15.9. The lowest BCUT2D eigenvalue weighted by Gasteiger charge is -2.19.